The number of methoxy groups -OCH3 is 1. The standard InChI is InChI=1S/C24H22N4O/c1-15-12-19-17(13-22(15)29-3)9-11-28-16(2)27-23(24(19)28)18-7-8-21(26-14-18)20-6-4-5-10-25-20/h4-8,10,12-14H,9,11H2,1-3H3. The van der Waals surface area contributed by atoms with E-state index < -0.39 is 0 Å². The average Bonchev–Trinajstić information content (AvgIpc) is 3.11. The van der Waals surface area contributed by atoms with E-state index in [0.29, 0.717) is 0 Å². The second-order valence-electron chi connectivity index (χ2n) is 7.38. The summed E-state index contributed by atoms with van der Waals surface area (Å²) in [5, 5.41) is 0. The van der Waals surface area contributed by atoms with Crippen molar-refractivity contribution in [3.63, 3.8) is 0 Å². The number of aryl methyl sites for hydroxylation is 3. The van der Waals surface area contributed by atoms with Crippen LogP contribution in [0.1, 0.15) is 17.0 Å². The quantitative estimate of drug-likeness (QED) is 0.508. The van der Waals surface area contributed by atoms with Crippen LogP contribution < -0.4 is 4.74 Å². The smallest absolute Gasteiger partial charge is 0.122 e. The minimum absolute atomic E-state index is 0.861. The highest BCUT2D eigenvalue weighted by Crippen LogP contribution is 2.40. The van der Waals surface area contributed by atoms with E-state index in [1.807, 2.05) is 30.5 Å². The summed E-state index contributed by atoms with van der Waals surface area (Å²) in [6, 6.07) is 14.3. The second kappa shape index (κ2) is 6.85. The molecule has 0 atom stereocenters. The highest BCUT2D eigenvalue weighted by molar-refractivity contribution is 5.82. The van der Waals surface area contributed by atoms with Gasteiger partial charge in [0, 0.05) is 30.1 Å². The molecule has 0 saturated heterocycles. The molecule has 1 aromatic carbocycles. The Bertz CT molecular complexity index is 1190. The number of aromatic nitrogens is 4. The lowest BCUT2D eigenvalue weighted by Crippen LogP contribution is -2.12. The molecule has 5 heteroatoms. The largest absolute Gasteiger partial charge is 0.496 e. The molecule has 0 spiro atoms. The van der Waals surface area contributed by atoms with Gasteiger partial charge in [0.25, 0.3) is 0 Å². The van der Waals surface area contributed by atoms with Crippen molar-refractivity contribution < 1.29 is 4.74 Å². The monoisotopic (exact) mass is 382 g/mol. The van der Waals surface area contributed by atoms with Crippen LogP contribution in [-0.2, 0) is 13.0 Å². The minimum atomic E-state index is 0.861. The zero-order valence-electron chi connectivity index (χ0n) is 16.8. The van der Waals surface area contributed by atoms with E-state index in [-0.39, 0.29) is 0 Å². The Hall–Kier alpha value is -3.47. The lowest BCUT2D eigenvalue weighted by molar-refractivity contribution is 0.411. The molecule has 0 fully saturated rings. The van der Waals surface area contributed by atoms with Gasteiger partial charge in [0.15, 0.2) is 0 Å². The van der Waals surface area contributed by atoms with Crippen LogP contribution in [0.25, 0.3) is 33.9 Å². The maximum Gasteiger partial charge on any atom is 0.122 e. The molecule has 1 aliphatic rings. The SMILES string of the molecule is COc1cc2c(cc1C)-c1c(-c3ccc(-c4ccccn4)nc3)nc(C)n1CC2. The van der Waals surface area contributed by atoms with Gasteiger partial charge in [0.2, 0.25) is 0 Å². The third-order valence-corrected chi connectivity index (χ3v) is 5.60. The van der Waals surface area contributed by atoms with Crippen molar-refractivity contribution in [2.45, 2.75) is 26.8 Å². The van der Waals surface area contributed by atoms with Crippen molar-refractivity contribution in [2.75, 3.05) is 7.11 Å². The summed E-state index contributed by atoms with van der Waals surface area (Å²) in [5.74, 6) is 1.97. The summed E-state index contributed by atoms with van der Waals surface area (Å²) < 4.78 is 7.85. The predicted octanol–water partition coefficient (Wildman–Crippen LogP) is 4.86. The lowest BCUT2D eigenvalue weighted by atomic mass is 9.93. The third-order valence-electron chi connectivity index (χ3n) is 5.60. The van der Waals surface area contributed by atoms with Crippen molar-refractivity contribution in [2.24, 2.45) is 0 Å². The van der Waals surface area contributed by atoms with Gasteiger partial charge in [-0.3, -0.25) is 9.97 Å². The molecule has 0 radical (unpaired) electrons. The Morgan fingerprint density at radius 2 is 1.86 bits per heavy atom. The highest BCUT2D eigenvalue weighted by Gasteiger charge is 2.25. The van der Waals surface area contributed by atoms with E-state index in [4.69, 9.17) is 9.72 Å². The second-order valence-corrected chi connectivity index (χ2v) is 7.38. The number of nitrogens with zero attached hydrogens (tertiary/aromatic N) is 4. The van der Waals surface area contributed by atoms with Crippen molar-refractivity contribution in [1.29, 1.82) is 0 Å². The maximum absolute atomic E-state index is 5.54. The first-order valence-electron chi connectivity index (χ1n) is 9.78. The first-order chi connectivity index (χ1) is 14.2. The van der Waals surface area contributed by atoms with E-state index >= 15 is 0 Å². The van der Waals surface area contributed by atoms with Gasteiger partial charge in [-0.25, -0.2) is 4.98 Å². The molecule has 0 aliphatic carbocycles. The Balaban J connectivity index is 1.63. The molecule has 0 bridgehead atoms. The molecule has 4 heterocycles. The molecule has 5 rings (SSSR count). The van der Waals surface area contributed by atoms with Gasteiger partial charge >= 0.3 is 0 Å². The number of imidazole rings is 1. The van der Waals surface area contributed by atoms with Crippen LogP contribution in [-0.4, -0.2) is 26.6 Å². The third kappa shape index (κ3) is 2.90. The molecular weight excluding hydrogens is 360 g/mol. The van der Waals surface area contributed by atoms with Crippen molar-refractivity contribution in [3.8, 4) is 39.7 Å². The number of rotatable bonds is 3. The molecule has 29 heavy (non-hydrogen) atoms. The summed E-state index contributed by atoms with van der Waals surface area (Å²) in [7, 11) is 1.73. The minimum Gasteiger partial charge on any atom is -0.496 e. The number of fused-ring (bicyclic) bond motifs is 3. The predicted molar refractivity (Wildman–Crippen MR) is 114 cm³/mol. The maximum atomic E-state index is 5.54. The molecule has 0 unspecified atom stereocenters. The van der Waals surface area contributed by atoms with Gasteiger partial charge < -0.3 is 9.30 Å². The van der Waals surface area contributed by atoms with Crippen LogP contribution >= 0.6 is 0 Å². The summed E-state index contributed by atoms with van der Waals surface area (Å²) in [6.45, 7) is 5.08. The Morgan fingerprint density at radius 1 is 1.00 bits per heavy atom. The molecule has 1 aliphatic heterocycles. The number of hydrogen-bond donors (Lipinski definition) is 0. The fraction of sp³-hybridized carbons (Fsp3) is 0.208. The first kappa shape index (κ1) is 17.6. The normalized spacial score (nSPS) is 12.4. The van der Waals surface area contributed by atoms with Crippen LogP contribution in [0.4, 0.5) is 0 Å². The Morgan fingerprint density at radius 3 is 2.59 bits per heavy atom. The summed E-state index contributed by atoms with van der Waals surface area (Å²) in [4.78, 5) is 14.0. The van der Waals surface area contributed by atoms with Gasteiger partial charge in [-0.2, -0.15) is 0 Å². The lowest BCUT2D eigenvalue weighted by Gasteiger charge is -2.22. The molecule has 3 aromatic heterocycles. The summed E-state index contributed by atoms with van der Waals surface area (Å²) >= 11 is 0. The molecule has 0 N–H and O–H groups in total. The van der Waals surface area contributed by atoms with Crippen LogP contribution in [0, 0.1) is 13.8 Å². The summed E-state index contributed by atoms with van der Waals surface area (Å²) in [5.41, 5.74) is 8.57. The number of ether oxygens (including phenoxy) is 1. The van der Waals surface area contributed by atoms with Gasteiger partial charge in [-0.05, 0) is 67.8 Å². The zero-order valence-corrected chi connectivity index (χ0v) is 16.8. The molecule has 4 aromatic rings. The molecule has 0 amide bonds. The van der Waals surface area contributed by atoms with Crippen molar-refractivity contribution in [3.05, 3.63) is 71.8 Å². The van der Waals surface area contributed by atoms with E-state index in [1.165, 1.54) is 16.8 Å². The van der Waals surface area contributed by atoms with Crippen LogP contribution in [0.3, 0.4) is 0 Å². The summed E-state index contributed by atoms with van der Waals surface area (Å²) in [6.07, 6.45) is 4.66. The highest BCUT2D eigenvalue weighted by atomic mass is 16.5. The van der Waals surface area contributed by atoms with E-state index in [9.17, 15) is 0 Å². The van der Waals surface area contributed by atoms with Gasteiger partial charge in [0.05, 0.1) is 29.9 Å². The van der Waals surface area contributed by atoms with Crippen LogP contribution in [0.15, 0.2) is 54.9 Å². The van der Waals surface area contributed by atoms with Crippen LogP contribution in [0.5, 0.6) is 5.75 Å². The number of hydrogen-bond acceptors (Lipinski definition) is 4. The van der Waals surface area contributed by atoms with E-state index in [2.05, 4.69) is 46.6 Å². The van der Waals surface area contributed by atoms with Crippen molar-refractivity contribution in [1.82, 2.24) is 19.5 Å². The van der Waals surface area contributed by atoms with Gasteiger partial charge in [0.1, 0.15) is 11.6 Å². The number of pyridine rings is 2. The zero-order chi connectivity index (χ0) is 20.0. The van der Waals surface area contributed by atoms with Gasteiger partial charge in [-0.1, -0.05) is 6.07 Å². The van der Waals surface area contributed by atoms with E-state index in [0.717, 1.165) is 52.7 Å². The molecule has 144 valence electrons. The average molecular weight is 382 g/mol. The van der Waals surface area contributed by atoms with Crippen molar-refractivity contribution >= 4 is 0 Å². The fourth-order valence-corrected chi connectivity index (χ4v) is 4.12. The Labute approximate surface area is 170 Å². The van der Waals surface area contributed by atoms with Crippen LogP contribution in [0.2, 0.25) is 0 Å². The molecular formula is C24H22N4O. The molecule has 0 saturated carbocycles. The first-order valence-corrected chi connectivity index (χ1v) is 9.78. The molecule has 5 nitrogen and oxygen atoms in total. The fourth-order valence-electron chi connectivity index (χ4n) is 4.12. The van der Waals surface area contributed by atoms with Gasteiger partial charge in [-0.15, -0.1) is 0 Å². The number of benzene rings is 1. The van der Waals surface area contributed by atoms with E-state index in [1.54, 1.807) is 13.3 Å². The topological polar surface area (TPSA) is 52.8 Å². The Kier molecular flexibility index (Phi) is 4.16.